The van der Waals surface area contributed by atoms with Crippen molar-refractivity contribution in [2.75, 3.05) is 37.7 Å². The van der Waals surface area contributed by atoms with E-state index in [0.29, 0.717) is 38.4 Å². The second kappa shape index (κ2) is 9.59. The molecule has 0 radical (unpaired) electrons. The fraction of sp³-hybridized carbons (Fsp3) is 0.478. The third kappa shape index (κ3) is 4.96. The van der Waals surface area contributed by atoms with Crippen molar-refractivity contribution in [3.8, 4) is 5.75 Å². The van der Waals surface area contributed by atoms with Crippen LogP contribution in [0.2, 0.25) is 0 Å². The number of piperazine rings is 1. The number of rotatable bonds is 6. The highest BCUT2D eigenvalue weighted by Crippen LogP contribution is 2.30. The molecule has 0 N–H and O–H groups in total. The summed E-state index contributed by atoms with van der Waals surface area (Å²) in [5.41, 5.74) is 1.09. The molecule has 0 amide bonds. The van der Waals surface area contributed by atoms with Crippen molar-refractivity contribution in [3.05, 3.63) is 54.1 Å². The summed E-state index contributed by atoms with van der Waals surface area (Å²) in [5, 5.41) is 11.2. The van der Waals surface area contributed by atoms with E-state index >= 15 is 0 Å². The van der Waals surface area contributed by atoms with Gasteiger partial charge in [0.1, 0.15) is 24.0 Å². The first-order valence-electron chi connectivity index (χ1n) is 11.7. The molecule has 9 nitrogen and oxygen atoms in total. The van der Waals surface area contributed by atoms with E-state index < -0.39 is 12.0 Å². The molecule has 12 heteroatoms. The summed E-state index contributed by atoms with van der Waals surface area (Å²) in [6, 6.07) is 8.01. The molecule has 0 aliphatic carbocycles. The van der Waals surface area contributed by atoms with Crippen LogP contribution in [-0.4, -0.2) is 67.9 Å². The Kier molecular flexibility index (Phi) is 6.35. The van der Waals surface area contributed by atoms with E-state index in [1.807, 2.05) is 30.5 Å². The standard InChI is InChI=1S/C23H27F3N8O/c1-2-19-27-9-10-32(19)15-16-35-18-5-3-17(4-6-18)31-11-13-33(14-12-31)21-8-7-20-28-29-22(23(24,25)26)34(20)30-21/h3-6,9-10H,2,7-8,11-16H2,1H3. The second-order valence-electron chi connectivity index (χ2n) is 8.47. The summed E-state index contributed by atoms with van der Waals surface area (Å²) in [6.45, 7) is 6.26. The number of aromatic nitrogens is 5. The van der Waals surface area contributed by atoms with Gasteiger partial charge in [-0.3, -0.25) is 0 Å². The number of benzene rings is 1. The number of halogens is 3. The Balaban J connectivity index is 1.15. The lowest BCUT2D eigenvalue weighted by Gasteiger charge is -2.38. The van der Waals surface area contributed by atoms with Gasteiger partial charge >= 0.3 is 6.18 Å². The molecule has 5 rings (SSSR count). The molecule has 1 fully saturated rings. The van der Waals surface area contributed by atoms with Gasteiger partial charge in [-0.05, 0) is 24.3 Å². The zero-order valence-corrected chi connectivity index (χ0v) is 19.4. The summed E-state index contributed by atoms with van der Waals surface area (Å²) in [4.78, 5) is 8.63. The highest BCUT2D eigenvalue weighted by atomic mass is 19.4. The SMILES string of the molecule is CCc1nccn1CCOc1ccc(N2CCN(C3=Nn4c(nnc4C(F)(F)F)CC3)CC2)cc1. The maximum Gasteiger partial charge on any atom is 0.453 e. The first-order valence-corrected chi connectivity index (χ1v) is 11.7. The van der Waals surface area contributed by atoms with Crippen LogP contribution in [0.15, 0.2) is 41.8 Å². The highest BCUT2D eigenvalue weighted by molar-refractivity contribution is 5.83. The minimum Gasteiger partial charge on any atom is -0.492 e. The van der Waals surface area contributed by atoms with Crippen LogP contribution in [0.1, 0.15) is 30.8 Å². The smallest absolute Gasteiger partial charge is 0.453 e. The molecular formula is C23H27F3N8O. The van der Waals surface area contributed by atoms with Crippen molar-refractivity contribution in [2.45, 2.75) is 38.9 Å². The van der Waals surface area contributed by atoms with Crippen molar-refractivity contribution in [3.63, 3.8) is 0 Å². The number of anilines is 1. The van der Waals surface area contributed by atoms with Gasteiger partial charge in [0.05, 0.1) is 6.54 Å². The van der Waals surface area contributed by atoms with E-state index in [9.17, 15) is 13.2 Å². The van der Waals surface area contributed by atoms with Crippen molar-refractivity contribution in [1.82, 2.24) is 29.3 Å². The predicted octanol–water partition coefficient (Wildman–Crippen LogP) is 3.06. The molecule has 2 aliphatic rings. The number of fused-ring (bicyclic) bond motifs is 1. The molecule has 186 valence electrons. The van der Waals surface area contributed by atoms with Gasteiger partial charge in [0, 0.05) is 63.5 Å². The summed E-state index contributed by atoms with van der Waals surface area (Å²) in [6.07, 6.45) is 1.03. The molecule has 0 bridgehead atoms. The fourth-order valence-corrected chi connectivity index (χ4v) is 4.46. The molecule has 2 aromatic heterocycles. The Bertz CT molecular complexity index is 1180. The number of imidazole rings is 1. The molecule has 0 saturated carbocycles. The number of hydrogen-bond donors (Lipinski definition) is 0. The molecule has 0 atom stereocenters. The number of hydrogen-bond acceptors (Lipinski definition) is 7. The van der Waals surface area contributed by atoms with E-state index in [-0.39, 0.29) is 5.82 Å². The Morgan fingerprint density at radius 2 is 1.71 bits per heavy atom. The minimum absolute atomic E-state index is 0.248. The predicted molar refractivity (Wildman–Crippen MR) is 124 cm³/mol. The maximum atomic E-state index is 13.2. The van der Waals surface area contributed by atoms with Crippen LogP contribution in [0.5, 0.6) is 5.75 Å². The quantitative estimate of drug-likeness (QED) is 0.531. The zero-order chi connectivity index (χ0) is 24.4. The van der Waals surface area contributed by atoms with Crippen LogP contribution in [0.25, 0.3) is 0 Å². The van der Waals surface area contributed by atoms with E-state index in [0.717, 1.165) is 48.0 Å². The molecule has 0 unspecified atom stereocenters. The number of aryl methyl sites for hydroxylation is 2. The maximum absolute atomic E-state index is 13.2. The monoisotopic (exact) mass is 488 g/mol. The third-order valence-electron chi connectivity index (χ3n) is 6.31. The van der Waals surface area contributed by atoms with E-state index in [4.69, 9.17) is 4.74 Å². The number of nitrogens with zero attached hydrogens (tertiary/aromatic N) is 8. The van der Waals surface area contributed by atoms with E-state index in [1.165, 1.54) is 0 Å². The lowest BCUT2D eigenvalue weighted by Crippen LogP contribution is -2.49. The van der Waals surface area contributed by atoms with Crippen molar-refractivity contribution in [2.24, 2.45) is 5.10 Å². The molecule has 0 spiro atoms. The van der Waals surface area contributed by atoms with Gasteiger partial charge in [0.25, 0.3) is 5.82 Å². The Morgan fingerprint density at radius 3 is 2.43 bits per heavy atom. The van der Waals surface area contributed by atoms with E-state index in [1.54, 1.807) is 6.20 Å². The largest absolute Gasteiger partial charge is 0.492 e. The number of ether oxygens (including phenoxy) is 1. The second-order valence-corrected chi connectivity index (χ2v) is 8.47. The fourth-order valence-electron chi connectivity index (χ4n) is 4.46. The zero-order valence-electron chi connectivity index (χ0n) is 19.4. The van der Waals surface area contributed by atoms with Gasteiger partial charge < -0.3 is 19.1 Å². The van der Waals surface area contributed by atoms with Crippen LogP contribution in [0.4, 0.5) is 18.9 Å². The summed E-state index contributed by atoms with van der Waals surface area (Å²) >= 11 is 0. The van der Waals surface area contributed by atoms with Gasteiger partial charge in [-0.25, -0.2) is 4.98 Å². The van der Waals surface area contributed by atoms with Gasteiger partial charge in [-0.15, -0.1) is 10.2 Å². The van der Waals surface area contributed by atoms with Crippen LogP contribution in [0.3, 0.4) is 0 Å². The lowest BCUT2D eigenvalue weighted by molar-refractivity contribution is -0.147. The Morgan fingerprint density at radius 1 is 0.971 bits per heavy atom. The molecule has 35 heavy (non-hydrogen) atoms. The molecular weight excluding hydrogens is 461 g/mol. The molecule has 4 heterocycles. The lowest BCUT2D eigenvalue weighted by atomic mass is 10.2. The van der Waals surface area contributed by atoms with Crippen LogP contribution < -0.4 is 9.64 Å². The number of amidine groups is 1. The van der Waals surface area contributed by atoms with Crippen molar-refractivity contribution < 1.29 is 17.9 Å². The third-order valence-corrected chi connectivity index (χ3v) is 6.31. The van der Waals surface area contributed by atoms with Gasteiger partial charge in [-0.2, -0.15) is 22.9 Å². The van der Waals surface area contributed by atoms with Gasteiger partial charge in [0.2, 0.25) is 0 Å². The first-order chi connectivity index (χ1) is 16.9. The molecule has 2 aliphatic heterocycles. The first kappa shape index (κ1) is 23.2. The highest BCUT2D eigenvalue weighted by Gasteiger charge is 2.40. The van der Waals surface area contributed by atoms with E-state index in [2.05, 4.69) is 41.6 Å². The molecule has 1 saturated heterocycles. The summed E-state index contributed by atoms with van der Waals surface area (Å²) in [5.74, 6) is 1.69. The number of alkyl halides is 3. The van der Waals surface area contributed by atoms with Gasteiger partial charge in [-0.1, -0.05) is 6.92 Å². The van der Waals surface area contributed by atoms with Crippen molar-refractivity contribution in [1.29, 1.82) is 0 Å². The van der Waals surface area contributed by atoms with Gasteiger partial charge in [0.15, 0.2) is 5.82 Å². The van der Waals surface area contributed by atoms with Crippen LogP contribution in [0, 0.1) is 0 Å². The normalized spacial score (nSPS) is 16.3. The Labute approximate surface area is 200 Å². The van der Waals surface area contributed by atoms with Crippen LogP contribution in [-0.2, 0) is 25.6 Å². The molecule has 1 aromatic carbocycles. The minimum atomic E-state index is -4.58. The Hall–Kier alpha value is -3.57. The topological polar surface area (TPSA) is 76.6 Å². The average Bonchev–Trinajstić information content (AvgIpc) is 3.51. The molecule has 3 aromatic rings. The van der Waals surface area contributed by atoms with Crippen LogP contribution >= 0.6 is 0 Å². The summed E-state index contributed by atoms with van der Waals surface area (Å²) in [7, 11) is 0. The summed E-state index contributed by atoms with van der Waals surface area (Å²) < 4.78 is 48.4. The average molecular weight is 489 g/mol. The van der Waals surface area contributed by atoms with Crippen molar-refractivity contribution >= 4 is 11.5 Å².